The van der Waals surface area contributed by atoms with E-state index in [-0.39, 0.29) is 11.7 Å². The number of piperidine rings is 2. The number of benzene rings is 1. The number of carbonyl (C=O) groups is 1. The van der Waals surface area contributed by atoms with Gasteiger partial charge in [0.25, 0.3) is 5.91 Å². The van der Waals surface area contributed by atoms with Crippen LogP contribution in [0.1, 0.15) is 23.3 Å². The van der Waals surface area contributed by atoms with E-state index >= 15 is 0 Å². The second kappa shape index (κ2) is 4.29. The molecule has 1 aromatic carbocycles. The summed E-state index contributed by atoms with van der Waals surface area (Å²) in [5, 5.41) is 7.68. The lowest BCUT2D eigenvalue weighted by molar-refractivity contribution is 0.0668. The van der Waals surface area contributed by atoms with Crippen LogP contribution < -0.4 is 0 Å². The number of H-pyrrole nitrogens is 1. The van der Waals surface area contributed by atoms with Crippen molar-refractivity contribution in [2.45, 2.75) is 24.9 Å². The molecule has 3 bridgehead atoms. The summed E-state index contributed by atoms with van der Waals surface area (Å²) in [4.78, 5) is 17.6. The van der Waals surface area contributed by atoms with E-state index in [9.17, 15) is 9.18 Å². The molecule has 2 aromatic rings. The first kappa shape index (κ1) is 12.6. The van der Waals surface area contributed by atoms with E-state index in [0.717, 1.165) is 32.5 Å². The fraction of sp³-hybridized carbons (Fsp3) is 0.500. The predicted octanol–water partition coefficient (Wildman–Crippen LogP) is 1.62. The summed E-state index contributed by atoms with van der Waals surface area (Å²) in [6.07, 6.45) is 2.17. The van der Waals surface area contributed by atoms with Crippen molar-refractivity contribution in [3.63, 3.8) is 0 Å². The van der Waals surface area contributed by atoms with Crippen molar-refractivity contribution >= 4 is 16.8 Å². The molecule has 6 heteroatoms. The van der Waals surface area contributed by atoms with Crippen molar-refractivity contribution in [3.05, 3.63) is 29.7 Å². The number of nitrogens with zero attached hydrogens (tertiary/aromatic N) is 3. The summed E-state index contributed by atoms with van der Waals surface area (Å²) in [7, 11) is 0. The van der Waals surface area contributed by atoms with Gasteiger partial charge in [0.1, 0.15) is 5.82 Å². The molecule has 4 atom stereocenters. The number of hydrogen-bond donors (Lipinski definition) is 1. The number of rotatable bonds is 1. The van der Waals surface area contributed by atoms with Crippen LogP contribution in [-0.4, -0.2) is 57.6 Å². The van der Waals surface area contributed by atoms with Gasteiger partial charge >= 0.3 is 0 Å². The summed E-state index contributed by atoms with van der Waals surface area (Å²) in [6.45, 7) is 3.20. The molecule has 3 aliphatic rings. The monoisotopic (exact) mass is 300 g/mol. The van der Waals surface area contributed by atoms with Gasteiger partial charge in [0.2, 0.25) is 0 Å². The number of aromatic amines is 1. The van der Waals surface area contributed by atoms with Gasteiger partial charge in [0.05, 0.1) is 5.52 Å². The number of likely N-dealkylation sites (tertiary alicyclic amines) is 1. The van der Waals surface area contributed by atoms with Gasteiger partial charge in [0.15, 0.2) is 5.69 Å². The molecule has 3 saturated heterocycles. The third kappa shape index (κ3) is 1.61. The first-order chi connectivity index (χ1) is 10.7. The van der Waals surface area contributed by atoms with E-state index in [0.29, 0.717) is 34.6 Å². The molecule has 114 valence electrons. The Bertz CT molecular complexity index is 773. The standard InChI is InChI=1S/C16H17FN4O/c17-10-1-2-12-13(6-10)18-19-15(12)16(22)21-11-5-9-7-20(8-11)4-3-14(9)21/h1-2,6,9,11,14H,3-5,7-8H2,(H,18,19). The van der Waals surface area contributed by atoms with E-state index < -0.39 is 0 Å². The third-order valence-corrected chi connectivity index (χ3v) is 5.53. The molecule has 0 radical (unpaired) electrons. The van der Waals surface area contributed by atoms with Crippen LogP contribution in [-0.2, 0) is 0 Å². The molecule has 0 spiro atoms. The van der Waals surface area contributed by atoms with Gasteiger partial charge < -0.3 is 9.80 Å². The van der Waals surface area contributed by atoms with Crippen molar-refractivity contribution < 1.29 is 9.18 Å². The number of halogens is 1. The van der Waals surface area contributed by atoms with Crippen LogP contribution in [0.5, 0.6) is 0 Å². The minimum absolute atomic E-state index is 0.000826. The Kier molecular flexibility index (Phi) is 2.45. The summed E-state index contributed by atoms with van der Waals surface area (Å²) in [6, 6.07) is 5.08. The molecule has 22 heavy (non-hydrogen) atoms. The highest BCUT2D eigenvalue weighted by atomic mass is 19.1. The predicted molar refractivity (Wildman–Crippen MR) is 79.0 cm³/mol. The minimum atomic E-state index is -0.321. The molecule has 4 unspecified atom stereocenters. The van der Waals surface area contributed by atoms with Gasteiger partial charge in [-0.15, -0.1) is 0 Å². The van der Waals surface area contributed by atoms with Gasteiger partial charge in [-0.3, -0.25) is 9.89 Å². The van der Waals surface area contributed by atoms with Crippen LogP contribution in [0.25, 0.3) is 10.9 Å². The normalized spacial score (nSPS) is 32.9. The molecule has 0 aliphatic carbocycles. The largest absolute Gasteiger partial charge is 0.330 e. The highest BCUT2D eigenvalue weighted by molar-refractivity contribution is 6.05. The topological polar surface area (TPSA) is 52.2 Å². The zero-order chi connectivity index (χ0) is 14.8. The molecule has 1 N–H and O–H groups in total. The molecular formula is C16H17FN4O. The summed E-state index contributed by atoms with van der Waals surface area (Å²) < 4.78 is 13.3. The summed E-state index contributed by atoms with van der Waals surface area (Å²) >= 11 is 0. The molecule has 0 saturated carbocycles. The Labute approximate surface area is 127 Å². The maximum Gasteiger partial charge on any atom is 0.275 e. The first-order valence-corrected chi connectivity index (χ1v) is 7.89. The van der Waals surface area contributed by atoms with E-state index in [4.69, 9.17) is 0 Å². The molecule has 3 aliphatic heterocycles. The minimum Gasteiger partial charge on any atom is -0.330 e. The maximum atomic E-state index is 13.3. The molecule has 5 nitrogen and oxygen atoms in total. The van der Waals surface area contributed by atoms with Crippen LogP contribution in [0.4, 0.5) is 4.39 Å². The molecule has 5 rings (SSSR count). The number of hydrogen-bond acceptors (Lipinski definition) is 3. The smallest absolute Gasteiger partial charge is 0.275 e. The lowest BCUT2D eigenvalue weighted by Crippen LogP contribution is -2.44. The SMILES string of the molecule is O=C(c1n[nH]c2cc(F)ccc12)N1C2CC3CN(CCC31)C2. The number of carbonyl (C=O) groups excluding carboxylic acids is 1. The maximum absolute atomic E-state index is 13.3. The van der Waals surface area contributed by atoms with Crippen molar-refractivity contribution in [2.75, 3.05) is 19.6 Å². The third-order valence-electron chi connectivity index (χ3n) is 5.53. The molecule has 3 fully saturated rings. The Balaban J connectivity index is 1.56. The van der Waals surface area contributed by atoms with Gasteiger partial charge in [-0.1, -0.05) is 0 Å². The number of aromatic nitrogens is 2. The van der Waals surface area contributed by atoms with Crippen LogP contribution in [0.15, 0.2) is 18.2 Å². The second-order valence-electron chi connectivity index (χ2n) is 6.74. The van der Waals surface area contributed by atoms with E-state index in [2.05, 4.69) is 20.0 Å². The highest BCUT2D eigenvalue weighted by Gasteiger charge is 2.50. The molecule has 1 aromatic heterocycles. The summed E-state index contributed by atoms with van der Waals surface area (Å²) in [5.41, 5.74) is 1.01. The van der Waals surface area contributed by atoms with Gasteiger partial charge in [-0.05, 0) is 37.0 Å². The summed E-state index contributed by atoms with van der Waals surface area (Å²) in [5.74, 6) is 0.289. The Hall–Kier alpha value is -1.95. The van der Waals surface area contributed by atoms with Crippen molar-refractivity contribution in [2.24, 2.45) is 5.92 Å². The quantitative estimate of drug-likeness (QED) is 0.871. The molecular weight excluding hydrogens is 283 g/mol. The number of nitrogens with one attached hydrogen (secondary N) is 1. The van der Waals surface area contributed by atoms with Crippen molar-refractivity contribution in [1.29, 1.82) is 0 Å². The fourth-order valence-electron chi connectivity index (χ4n) is 4.65. The second-order valence-corrected chi connectivity index (χ2v) is 6.74. The Morgan fingerprint density at radius 3 is 3.18 bits per heavy atom. The number of amides is 1. The van der Waals surface area contributed by atoms with Crippen molar-refractivity contribution in [1.82, 2.24) is 20.0 Å². The Morgan fingerprint density at radius 2 is 2.27 bits per heavy atom. The molecule has 4 heterocycles. The molecule has 1 amide bonds. The zero-order valence-corrected chi connectivity index (χ0v) is 12.1. The van der Waals surface area contributed by atoms with E-state index in [1.807, 2.05) is 0 Å². The first-order valence-electron chi connectivity index (χ1n) is 7.89. The van der Waals surface area contributed by atoms with E-state index in [1.54, 1.807) is 6.07 Å². The lowest BCUT2D eigenvalue weighted by Gasteiger charge is -2.35. The Morgan fingerprint density at radius 1 is 1.36 bits per heavy atom. The van der Waals surface area contributed by atoms with E-state index in [1.165, 1.54) is 12.1 Å². The highest BCUT2D eigenvalue weighted by Crippen LogP contribution is 2.41. The van der Waals surface area contributed by atoms with Crippen molar-refractivity contribution in [3.8, 4) is 0 Å². The van der Waals surface area contributed by atoms with Crippen LogP contribution in [0, 0.1) is 11.7 Å². The number of fused-ring (bicyclic) bond motifs is 3. The average Bonchev–Trinajstić information content (AvgIpc) is 2.98. The average molecular weight is 300 g/mol. The van der Waals surface area contributed by atoms with Crippen LogP contribution in [0.3, 0.4) is 0 Å². The van der Waals surface area contributed by atoms with Gasteiger partial charge in [-0.25, -0.2) is 4.39 Å². The van der Waals surface area contributed by atoms with Gasteiger partial charge in [0, 0.05) is 37.1 Å². The van der Waals surface area contributed by atoms with Gasteiger partial charge in [-0.2, -0.15) is 5.10 Å². The zero-order valence-electron chi connectivity index (χ0n) is 12.1. The fourth-order valence-corrected chi connectivity index (χ4v) is 4.65. The lowest BCUT2D eigenvalue weighted by atomic mass is 9.89. The van der Waals surface area contributed by atoms with Crippen LogP contribution >= 0.6 is 0 Å². The van der Waals surface area contributed by atoms with Crippen LogP contribution in [0.2, 0.25) is 0 Å².